The lowest BCUT2D eigenvalue weighted by Crippen LogP contribution is -2.71. The summed E-state index contributed by atoms with van der Waals surface area (Å²) < 4.78 is 125. The molecule has 142 heavy (non-hydrogen) atoms. The average molecular weight is 2080 g/mol. The largest absolute Gasteiger partial charge is 0.477 e. The summed E-state index contributed by atoms with van der Waals surface area (Å²) in [6.07, 6.45) is -111. The number of hydrogen-bond acceptors (Lipinski definition) is 57. The molecule has 56 atom stereocenters. The minimum absolute atomic E-state index is 0.840. The van der Waals surface area contributed by atoms with Crippen LogP contribution in [-0.2, 0) is 128 Å². The van der Waals surface area contributed by atoms with Gasteiger partial charge in [0.05, 0.1) is 84.3 Å². The Balaban J connectivity index is 0.920. The van der Waals surface area contributed by atoms with Crippen LogP contribution in [-0.4, -0.2) is 603 Å². The standard InChI is InChI=1S/C79H131N5O58/c1-18-40(100)51(111)55(115)72(124-18)122-17-34-62(47(107)36(68(119)125-34)81-20(3)94)134-69-37(82-21(4)95)48(108)60(31(14-91)130-69)136-74-57(117)64(46(106)33(133-74)16-123-76-66(53(113)43(103)27(10-87)128-76)139-70-38(83-22(5)96)49(109)59(30(13-90)131-70)135-73-56(116)52(112)42(102)26(9-86)126-73)138-77-67(54(114)44(104)28(11-88)129-77)140-71-39(84-23(6)97)50(110)61(32(15-92)132-71)137-75-58(118)65(45(105)29(12-89)127-75)142-79(78(120)121)7-24(98)35(80-19(2)93)63(141-79)41(101)25(99)8-85/h18,24-77,85-92,98-119H,7-17H2,1-6H3,(H,80,93)(H,81,94)(H,82,95)(H,83,96)(H,84,97)(H,120,121)/t18-,24-,25+,26+,27+,28+,29+,30+,31+,32+,33+,34+,35+,36+,37+,38+,39+,40+,41+,42-,43+,44+,45-,46+,47+,48+,49+,50+,51+,52-,53-,54-,55-,56+,57-,58+,59+,60+,61+,62+,63+,64-,65-,66-,67-,68?,69?,70?,71?,72?,73?,74?,75?,76?,77?,79?/m0/s1. The molecule has 11 saturated heterocycles. The minimum atomic E-state index is -3.35. The minimum Gasteiger partial charge on any atom is -0.477 e. The molecule has 36 N–H and O–H groups in total. The monoisotopic (exact) mass is 2080 g/mol. The van der Waals surface area contributed by atoms with E-state index in [0.717, 1.165) is 34.6 Å². The van der Waals surface area contributed by atoms with Gasteiger partial charge in [0.2, 0.25) is 29.5 Å². The molecule has 820 valence electrons. The van der Waals surface area contributed by atoms with E-state index in [1.165, 1.54) is 6.92 Å². The molecule has 11 rings (SSSR count). The molecule has 11 aliphatic rings. The molecule has 5 amide bonds. The number of aliphatic carboxylic acids is 1. The summed E-state index contributed by atoms with van der Waals surface area (Å²) in [4.78, 5) is 77.9. The van der Waals surface area contributed by atoms with Gasteiger partial charge in [0, 0.05) is 41.0 Å². The number of carboxylic acids is 1. The van der Waals surface area contributed by atoms with Gasteiger partial charge in [-0.25, -0.2) is 4.79 Å². The lowest BCUT2D eigenvalue weighted by molar-refractivity contribution is -0.401. The van der Waals surface area contributed by atoms with E-state index in [0.29, 0.717) is 0 Å². The summed E-state index contributed by atoms with van der Waals surface area (Å²) in [6.45, 7) is -6.14. The van der Waals surface area contributed by atoms with Crippen molar-refractivity contribution in [3.8, 4) is 0 Å². The molecule has 0 radical (unpaired) electrons. The maximum Gasteiger partial charge on any atom is 0.364 e. The van der Waals surface area contributed by atoms with Crippen LogP contribution in [0, 0.1) is 0 Å². The molecular formula is C79H131N5O58. The number of ether oxygens (including phenoxy) is 21. The molecule has 11 aliphatic heterocycles. The van der Waals surface area contributed by atoms with Gasteiger partial charge in [-0.15, -0.1) is 0 Å². The summed E-state index contributed by atoms with van der Waals surface area (Å²) in [5, 5.41) is 361. The van der Waals surface area contributed by atoms with E-state index in [2.05, 4.69) is 26.6 Å². The Morgan fingerprint density at radius 3 is 1.06 bits per heavy atom. The number of rotatable bonds is 38. The van der Waals surface area contributed by atoms with Crippen molar-refractivity contribution < 1.29 is 287 Å². The first-order valence-corrected chi connectivity index (χ1v) is 45.1. The molecule has 0 aromatic heterocycles. The highest BCUT2D eigenvalue weighted by atomic mass is 16.8. The molecule has 11 heterocycles. The third-order valence-electron chi connectivity index (χ3n) is 25.9. The molecular weight excluding hydrogens is 1950 g/mol. The zero-order chi connectivity index (χ0) is 105. The lowest BCUT2D eigenvalue weighted by Gasteiger charge is -2.51. The number of carbonyl (C=O) groups excluding carboxylic acids is 5. The van der Waals surface area contributed by atoms with Crippen LogP contribution in [0.4, 0.5) is 0 Å². The van der Waals surface area contributed by atoms with E-state index in [-0.39, 0.29) is 0 Å². The molecule has 0 bridgehead atoms. The maximum atomic E-state index is 13.4. The van der Waals surface area contributed by atoms with Crippen LogP contribution < -0.4 is 26.6 Å². The summed E-state index contributed by atoms with van der Waals surface area (Å²) in [6, 6.07) is -9.82. The lowest BCUT2D eigenvalue weighted by atomic mass is 9.88. The highest BCUT2D eigenvalue weighted by Crippen LogP contribution is 2.44. The van der Waals surface area contributed by atoms with Crippen molar-refractivity contribution in [3.63, 3.8) is 0 Å². The van der Waals surface area contributed by atoms with Crippen LogP contribution in [0.2, 0.25) is 0 Å². The van der Waals surface area contributed by atoms with Gasteiger partial charge in [0.1, 0.15) is 256 Å². The van der Waals surface area contributed by atoms with Gasteiger partial charge < -0.3 is 284 Å². The fraction of sp³-hybridized carbons (Fsp3) is 0.924. The number of aliphatic hydroxyl groups is 30. The van der Waals surface area contributed by atoms with Gasteiger partial charge in [0.15, 0.2) is 62.9 Å². The molecule has 0 saturated carbocycles. The van der Waals surface area contributed by atoms with Crippen molar-refractivity contribution in [2.45, 2.75) is 391 Å². The molecule has 0 aliphatic carbocycles. The normalized spacial score (nSPS) is 48.0. The van der Waals surface area contributed by atoms with E-state index in [1.54, 1.807) is 0 Å². The van der Waals surface area contributed by atoms with E-state index >= 15 is 0 Å². The zero-order valence-electron chi connectivity index (χ0n) is 76.4. The second kappa shape index (κ2) is 50.6. The highest BCUT2D eigenvalue weighted by Gasteiger charge is 2.65. The van der Waals surface area contributed by atoms with Gasteiger partial charge >= 0.3 is 5.97 Å². The molecule has 0 aromatic rings. The fourth-order valence-corrected chi connectivity index (χ4v) is 18.4. The van der Waals surface area contributed by atoms with Crippen molar-refractivity contribution in [1.29, 1.82) is 0 Å². The van der Waals surface area contributed by atoms with Gasteiger partial charge in [-0.2, -0.15) is 0 Å². The van der Waals surface area contributed by atoms with Crippen molar-refractivity contribution in [2.24, 2.45) is 0 Å². The Morgan fingerprint density at radius 2 is 0.620 bits per heavy atom. The van der Waals surface area contributed by atoms with E-state index in [9.17, 15) is 187 Å². The molecule has 11 unspecified atom stereocenters. The molecule has 63 nitrogen and oxygen atoms in total. The first-order valence-electron chi connectivity index (χ1n) is 45.1. The zero-order valence-corrected chi connectivity index (χ0v) is 76.4. The average Bonchev–Trinajstić information content (AvgIpc) is 0.746. The summed E-state index contributed by atoms with van der Waals surface area (Å²) in [5.74, 6) is -10.4. The maximum absolute atomic E-state index is 13.4. The first kappa shape index (κ1) is 117. The first-order chi connectivity index (χ1) is 67.0. The smallest absolute Gasteiger partial charge is 0.364 e. The van der Waals surface area contributed by atoms with Crippen molar-refractivity contribution >= 4 is 35.5 Å². The summed E-state index contributed by atoms with van der Waals surface area (Å²) in [5.41, 5.74) is 0. The summed E-state index contributed by atoms with van der Waals surface area (Å²) >= 11 is 0. The molecule has 0 spiro atoms. The number of carbonyl (C=O) groups is 6. The fourth-order valence-electron chi connectivity index (χ4n) is 18.4. The Bertz CT molecular complexity index is 4010. The predicted molar refractivity (Wildman–Crippen MR) is 436 cm³/mol. The Kier molecular flexibility index (Phi) is 41.7. The van der Waals surface area contributed by atoms with Crippen LogP contribution in [0.1, 0.15) is 48.0 Å². The van der Waals surface area contributed by atoms with Gasteiger partial charge in [-0.3, -0.25) is 24.0 Å². The van der Waals surface area contributed by atoms with E-state index in [4.69, 9.17) is 99.5 Å². The van der Waals surface area contributed by atoms with Gasteiger partial charge in [-0.05, 0) is 6.92 Å². The summed E-state index contributed by atoms with van der Waals surface area (Å²) in [7, 11) is 0. The Labute approximate surface area is 803 Å². The quantitative estimate of drug-likeness (QED) is 0.0273. The van der Waals surface area contributed by atoms with Crippen LogP contribution >= 0.6 is 0 Å². The van der Waals surface area contributed by atoms with Crippen molar-refractivity contribution in [2.75, 3.05) is 66.1 Å². The third kappa shape index (κ3) is 25.8. The second-order valence-corrected chi connectivity index (χ2v) is 36.0. The number of hydrogen-bond donors (Lipinski definition) is 36. The Hall–Kier alpha value is -5.22. The molecule has 0 aromatic carbocycles. The number of amides is 5. The molecule has 11 fully saturated rings. The highest BCUT2D eigenvalue weighted by molar-refractivity contribution is 5.77. The number of nitrogens with one attached hydrogen (secondary N) is 5. The van der Waals surface area contributed by atoms with Gasteiger partial charge in [-0.1, -0.05) is 0 Å². The third-order valence-corrected chi connectivity index (χ3v) is 25.9. The SMILES string of the molecule is CC(=O)N[C@H]1[C@H]([C@H](O)[C@H](O)CO)OC(O[C@H]2[C@@H](O)[C@@H](CO)OC(O[C@H]3[C@H](O)[C@@H](NC(C)=O)C(O[C@@H]4C(O[C@H]5[C@H](O)[C@@H](COC6O[C@H](CO)[C@@H](O)[C@H](O)[C@@H]6OC6O[C@H](CO)[C@@H](OC7O[C@H](CO)[C@H](O)[C@H](O)[C@H]7O)[C@H](O)[C@H]6NC(C)=O)OC(O[C@H]6[C@H](O)[C@@H](NC(C)=O)C(O[C@H]7[C@H](O)[C@@H](NC(C)=O)C(O)O[C@@H]7COC7O[C@@H](C)[C@@H](O)[C@@H](O)[C@@H]7O)O[C@@H]6CO)[C@H]5O)O[C@H](CO)[C@@H](O)[C@@H]4O)O[C@@H]3CO)[C@@H]2O)(C(=O)O)C[C@@H]1O. The van der Waals surface area contributed by atoms with Gasteiger partial charge in [0.25, 0.3) is 5.79 Å². The van der Waals surface area contributed by atoms with E-state index in [1.807, 2.05) is 0 Å². The Morgan fingerprint density at radius 1 is 0.303 bits per heavy atom. The van der Waals surface area contributed by atoms with Crippen LogP contribution in [0.15, 0.2) is 0 Å². The van der Waals surface area contributed by atoms with Crippen molar-refractivity contribution in [3.05, 3.63) is 0 Å². The van der Waals surface area contributed by atoms with Crippen LogP contribution in [0.25, 0.3) is 0 Å². The van der Waals surface area contributed by atoms with Crippen LogP contribution in [0.3, 0.4) is 0 Å². The second-order valence-electron chi connectivity index (χ2n) is 36.0. The topological polar surface area (TPSA) is 984 Å². The van der Waals surface area contributed by atoms with Crippen molar-refractivity contribution in [1.82, 2.24) is 26.6 Å². The number of aliphatic hydroxyl groups excluding tert-OH is 30. The predicted octanol–water partition coefficient (Wildman–Crippen LogP) is -24.0. The van der Waals surface area contributed by atoms with Crippen LogP contribution in [0.5, 0.6) is 0 Å². The van der Waals surface area contributed by atoms with E-state index < -0.39 is 451 Å². The molecule has 63 heteroatoms. The number of carboxylic acid groups (broad SMARTS) is 1.